The van der Waals surface area contributed by atoms with Gasteiger partial charge in [-0.15, -0.1) is 0 Å². The van der Waals surface area contributed by atoms with Crippen molar-refractivity contribution in [2.24, 2.45) is 11.8 Å². The Kier molecular flexibility index (Phi) is 5.22. The molecule has 1 aliphatic heterocycles. The molecule has 0 spiro atoms. The van der Waals surface area contributed by atoms with Crippen molar-refractivity contribution in [3.05, 3.63) is 0 Å². The van der Waals surface area contributed by atoms with Crippen molar-refractivity contribution in [1.82, 2.24) is 10.2 Å². The molecule has 0 saturated carbocycles. The van der Waals surface area contributed by atoms with E-state index in [2.05, 4.69) is 12.2 Å². The fourth-order valence-corrected chi connectivity index (χ4v) is 2.15. The van der Waals surface area contributed by atoms with Crippen LogP contribution in [0.15, 0.2) is 0 Å². The highest BCUT2D eigenvalue weighted by atomic mass is 16.3. The molecule has 4 nitrogen and oxygen atoms in total. The van der Waals surface area contributed by atoms with Gasteiger partial charge in [0.2, 0.25) is 5.91 Å². The summed E-state index contributed by atoms with van der Waals surface area (Å²) in [5, 5.41) is 12.5. The molecule has 1 aliphatic rings. The van der Waals surface area contributed by atoms with E-state index >= 15 is 0 Å². The fraction of sp³-hybridized carbons (Fsp3) is 0.917. The van der Waals surface area contributed by atoms with Crippen LogP contribution in [0.4, 0.5) is 0 Å². The summed E-state index contributed by atoms with van der Waals surface area (Å²) >= 11 is 0. The van der Waals surface area contributed by atoms with Gasteiger partial charge in [-0.3, -0.25) is 4.79 Å². The maximum Gasteiger partial charge on any atom is 0.226 e. The molecule has 1 rings (SSSR count). The predicted octanol–water partition coefficient (Wildman–Crippen LogP) is 0.461. The molecule has 0 aromatic carbocycles. The summed E-state index contributed by atoms with van der Waals surface area (Å²) in [6.07, 6.45) is 1.29. The summed E-state index contributed by atoms with van der Waals surface area (Å²) in [6, 6.07) is 0. The van der Waals surface area contributed by atoms with E-state index in [1.54, 1.807) is 11.8 Å². The van der Waals surface area contributed by atoms with Crippen LogP contribution >= 0.6 is 0 Å². The van der Waals surface area contributed by atoms with Crippen LogP contribution in [-0.4, -0.2) is 48.7 Å². The Morgan fingerprint density at radius 1 is 1.56 bits per heavy atom. The van der Waals surface area contributed by atoms with E-state index in [1.807, 2.05) is 7.05 Å². The standard InChI is InChI=1S/C12H24N2O2/c1-9-6-11(8-13-7-9)12(16)14(3)5-4-10(2)15/h9-11,13,15H,4-8H2,1-3H3. The third-order valence-electron chi connectivity index (χ3n) is 3.18. The second kappa shape index (κ2) is 6.21. The first kappa shape index (κ1) is 13.5. The van der Waals surface area contributed by atoms with E-state index in [-0.39, 0.29) is 17.9 Å². The molecule has 3 atom stereocenters. The Bertz CT molecular complexity index is 231. The number of aliphatic hydroxyl groups is 1. The number of hydrogen-bond donors (Lipinski definition) is 2. The molecular weight excluding hydrogens is 204 g/mol. The first-order valence-corrected chi connectivity index (χ1v) is 6.14. The molecular formula is C12H24N2O2. The van der Waals surface area contributed by atoms with Crippen molar-refractivity contribution in [1.29, 1.82) is 0 Å². The Hall–Kier alpha value is -0.610. The minimum absolute atomic E-state index is 0.114. The molecule has 0 aromatic heterocycles. The Morgan fingerprint density at radius 3 is 2.81 bits per heavy atom. The van der Waals surface area contributed by atoms with Crippen molar-refractivity contribution in [2.75, 3.05) is 26.7 Å². The first-order valence-electron chi connectivity index (χ1n) is 6.14. The van der Waals surface area contributed by atoms with Gasteiger partial charge < -0.3 is 15.3 Å². The molecule has 1 saturated heterocycles. The van der Waals surface area contributed by atoms with E-state index in [0.29, 0.717) is 18.9 Å². The largest absolute Gasteiger partial charge is 0.393 e. The quantitative estimate of drug-likeness (QED) is 0.735. The summed E-state index contributed by atoms with van der Waals surface area (Å²) in [5.74, 6) is 0.898. The van der Waals surface area contributed by atoms with Crippen molar-refractivity contribution in [3.63, 3.8) is 0 Å². The van der Waals surface area contributed by atoms with Gasteiger partial charge in [0.25, 0.3) is 0 Å². The van der Waals surface area contributed by atoms with E-state index < -0.39 is 0 Å². The predicted molar refractivity (Wildman–Crippen MR) is 64.1 cm³/mol. The minimum Gasteiger partial charge on any atom is -0.393 e. The van der Waals surface area contributed by atoms with Gasteiger partial charge in [-0.05, 0) is 32.2 Å². The van der Waals surface area contributed by atoms with Crippen LogP contribution in [0.1, 0.15) is 26.7 Å². The number of rotatable bonds is 4. The number of amides is 1. The number of hydrogen-bond acceptors (Lipinski definition) is 3. The van der Waals surface area contributed by atoms with E-state index in [0.717, 1.165) is 19.5 Å². The molecule has 0 bridgehead atoms. The molecule has 4 heteroatoms. The molecule has 1 heterocycles. The topological polar surface area (TPSA) is 52.6 Å². The number of piperidine rings is 1. The first-order chi connectivity index (χ1) is 7.50. The molecule has 16 heavy (non-hydrogen) atoms. The minimum atomic E-state index is -0.335. The Labute approximate surface area is 98.0 Å². The van der Waals surface area contributed by atoms with Crippen molar-refractivity contribution < 1.29 is 9.90 Å². The van der Waals surface area contributed by atoms with Crippen LogP contribution in [0, 0.1) is 11.8 Å². The number of carbonyl (C=O) groups is 1. The Balaban J connectivity index is 2.37. The van der Waals surface area contributed by atoms with E-state index in [1.165, 1.54) is 0 Å². The summed E-state index contributed by atoms with van der Waals surface area (Å²) in [4.78, 5) is 13.8. The maximum atomic E-state index is 12.1. The third kappa shape index (κ3) is 4.10. The van der Waals surface area contributed by atoms with Gasteiger partial charge in [0, 0.05) is 20.1 Å². The highest BCUT2D eigenvalue weighted by molar-refractivity contribution is 5.78. The molecule has 2 N–H and O–H groups in total. The van der Waals surface area contributed by atoms with E-state index in [9.17, 15) is 9.90 Å². The summed E-state index contributed by atoms with van der Waals surface area (Å²) in [5.41, 5.74) is 0. The zero-order valence-electron chi connectivity index (χ0n) is 10.6. The third-order valence-corrected chi connectivity index (χ3v) is 3.18. The van der Waals surface area contributed by atoms with E-state index in [4.69, 9.17) is 0 Å². The van der Waals surface area contributed by atoms with Gasteiger partial charge in [0.05, 0.1) is 12.0 Å². The zero-order valence-corrected chi connectivity index (χ0v) is 10.6. The lowest BCUT2D eigenvalue weighted by Gasteiger charge is -2.30. The molecule has 0 aromatic rings. The van der Waals surface area contributed by atoms with Gasteiger partial charge in [-0.1, -0.05) is 6.92 Å². The van der Waals surface area contributed by atoms with Crippen molar-refractivity contribution in [2.45, 2.75) is 32.8 Å². The normalized spacial score (nSPS) is 27.5. The molecule has 0 radical (unpaired) electrons. The van der Waals surface area contributed by atoms with Crippen LogP contribution in [0.3, 0.4) is 0 Å². The summed E-state index contributed by atoms with van der Waals surface area (Å²) in [6.45, 7) is 6.37. The Morgan fingerprint density at radius 2 is 2.25 bits per heavy atom. The highest BCUT2D eigenvalue weighted by Gasteiger charge is 2.26. The van der Waals surface area contributed by atoms with Crippen molar-refractivity contribution in [3.8, 4) is 0 Å². The van der Waals surface area contributed by atoms with Gasteiger partial charge >= 0.3 is 0 Å². The summed E-state index contributed by atoms with van der Waals surface area (Å²) in [7, 11) is 1.82. The van der Waals surface area contributed by atoms with Gasteiger partial charge in [0.15, 0.2) is 0 Å². The molecule has 1 fully saturated rings. The lowest BCUT2D eigenvalue weighted by Crippen LogP contribution is -2.44. The van der Waals surface area contributed by atoms with Gasteiger partial charge in [0.1, 0.15) is 0 Å². The average Bonchev–Trinajstić information content (AvgIpc) is 2.24. The van der Waals surface area contributed by atoms with Crippen LogP contribution < -0.4 is 5.32 Å². The molecule has 3 unspecified atom stereocenters. The average molecular weight is 228 g/mol. The maximum absolute atomic E-state index is 12.1. The molecule has 0 aliphatic carbocycles. The number of aliphatic hydroxyl groups excluding tert-OH is 1. The molecule has 1 amide bonds. The highest BCUT2D eigenvalue weighted by Crippen LogP contribution is 2.17. The summed E-state index contributed by atoms with van der Waals surface area (Å²) < 4.78 is 0. The zero-order chi connectivity index (χ0) is 12.1. The molecule has 94 valence electrons. The van der Waals surface area contributed by atoms with Crippen LogP contribution in [0.25, 0.3) is 0 Å². The smallest absolute Gasteiger partial charge is 0.226 e. The SMILES string of the molecule is CC(O)CCN(C)C(=O)C1CNCC(C)C1. The number of carbonyl (C=O) groups excluding carboxylic acids is 1. The number of nitrogens with zero attached hydrogens (tertiary/aromatic N) is 1. The van der Waals surface area contributed by atoms with Crippen molar-refractivity contribution >= 4 is 5.91 Å². The monoisotopic (exact) mass is 228 g/mol. The second-order valence-corrected chi connectivity index (χ2v) is 5.09. The van der Waals surface area contributed by atoms with Crippen LogP contribution in [0.2, 0.25) is 0 Å². The van der Waals surface area contributed by atoms with Gasteiger partial charge in [-0.25, -0.2) is 0 Å². The number of nitrogens with one attached hydrogen (secondary N) is 1. The lowest BCUT2D eigenvalue weighted by atomic mass is 9.91. The van der Waals surface area contributed by atoms with Gasteiger partial charge in [-0.2, -0.15) is 0 Å². The van der Waals surface area contributed by atoms with Crippen LogP contribution in [-0.2, 0) is 4.79 Å². The van der Waals surface area contributed by atoms with Crippen LogP contribution in [0.5, 0.6) is 0 Å². The fourth-order valence-electron chi connectivity index (χ4n) is 2.15. The lowest BCUT2D eigenvalue weighted by molar-refractivity contribution is -0.135. The second-order valence-electron chi connectivity index (χ2n) is 5.09.